The van der Waals surface area contributed by atoms with Gasteiger partial charge in [-0.05, 0) is 11.1 Å². The van der Waals surface area contributed by atoms with E-state index in [1.54, 1.807) is 0 Å². The fraction of sp³-hybridized carbons (Fsp3) is 1.00. The molecule has 10 heavy (non-hydrogen) atoms. The zero-order valence-electron chi connectivity index (χ0n) is 7.22. The van der Waals surface area contributed by atoms with Crippen molar-refractivity contribution in [3.05, 3.63) is 0 Å². The van der Waals surface area contributed by atoms with Gasteiger partial charge in [0.1, 0.15) is 0 Å². The van der Waals surface area contributed by atoms with Crippen LogP contribution in [-0.4, -0.2) is 27.3 Å². The second kappa shape index (κ2) is 4.11. The highest BCUT2D eigenvalue weighted by Crippen LogP contribution is 2.21. The average molecular weight is 161 g/mol. The molecule has 0 aromatic heterocycles. The topological polar surface area (TPSA) is 46.2 Å². The Labute approximate surface area is 65.6 Å². The number of hydrogen-bond donors (Lipinski definition) is 2. The molecule has 0 aliphatic carbocycles. The maximum atomic E-state index is 8.63. The standard InChI is InChI=1S/C7H19NOSi/c1-7(2,3)10-5-6(8)4-9/h6,9H,4-5,8,10H2,1-3H3/t6-/m1/s1. The Morgan fingerprint density at radius 3 is 2.30 bits per heavy atom. The molecule has 1 atom stereocenters. The average Bonchev–Trinajstić information content (AvgIpc) is 1.81. The van der Waals surface area contributed by atoms with Crippen LogP contribution in [0.2, 0.25) is 11.1 Å². The van der Waals surface area contributed by atoms with E-state index in [1.165, 1.54) is 0 Å². The zero-order valence-corrected chi connectivity index (χ0v) is 8.64. The van der Waals surface area contributed by atoms with Gasteiger partial charge in [-0.2, -0.15) is 0 Å². The molecule has 0 fully saturated rings. The predicted molar refractivity (Wildman–Crippen MR) is 48.1 cm³/mol. The maximum Gasteiger partial charge on any atom is 0.0579 e. The van der Waals surface area contributed by atoms with Crippen molar-refractivity contribution in [1.29, 1.82) is 0 Å². The molecule has 0 rings (SSSR count). The molecule has 0 aliphatic rings. The minimum Gasteiger partial charge on any atom is -0.395 e. The molecule has 0 aromatic rings. The monoisotopic (exact) mass is 161 g/mol. The van der Waals surface area contributed by atoms with Crippen molar-refractivity contribution in [3.8, 4) is 0 Å². The smallest absolute Gasteiger partial charge is 0.0579 e. The Morgan fingerprint density at radius 2 is 2.00 bits per heavy atom. The second-order valence-corrected chi connectivity index (χ2v) is 7.24. The minimum absolute atomic E-state index is 0.0332. The highest BCUT2D eigenvalue weighted by molar-refractivity contribution is 6.39. The third-order valence-corrected chi connectivity index (χ3v) is 4.03. The summed E-state index contributed by atoms with van der Waals surface area (Å²) < 4.78 is 0. The van der Waals surface area contributed by atoms with Gasteiger partial charge in [-0.15, -0.1) is 0 Å². The van der Waals surface area contributed by atoms with Gasteiger partial charge in [-0.1, -0.05) is 20.8 Å². The molecule has 0 saturated heterocycles. The van der Waals surface area contributed by atoms with Crippen LogP contribution in [0.15, 0.2) is 0 Å². The first-order valence-corrected chi connectivity index (χ1v) is 5.53. The van der Waals surface area contributed by atoms with Crippen molar-refractivity contribution in [1.82, 2.24) is 0 Å². The van der Waals surface area contributed by atoms with E-state index in [0.717, 1.165) is 6.04 Å². The Bertz CT molecular complexity index is 90.1. The van der Waals surface area contributed by atoms with Crippen molar-refractivity contribution >= 4 is 9.52 Å². The molecule has 0 radical (unpaired) electrons. The van der Waals surface area contributed by atoms with E-state index in [1.807, 2.05) is 0 Å². The molecule has 0 spiro atoms. The lowest BCUT2D eigenvalue weighted by atomic mass is 10.2. The lowest BCUT2D eigenvalue weighted by Crippen LogP contribution is -2.27. The lowest BCUT2D eigenvalue weighted by molar-refractivity contribution is 0.273. The summed E-state index contributed by atoms with van der Waals surface area (Å²) in [5.74, 6) is 0. The van der Waals surface area contributed by atoms with Crippen LogP contribution in [0.25, 0.3) is 0 Å². The summed E-state index contributed by atoms with van der Waals surface area (Å²) in [6.07, 6.45) is 0. The summed E-state index contributed by atoms with van der Waals surface area (Å²) in [6, 6.07) is 1.09. The number of aliphatic hydroxyl groups is 1. The Kier molecular flexibility index (Phi) is 4.16. The number of rotatable bonds is 3. The molecule has 0 heterocycles. The Hall–Kier alpha value is 0.137. The van der Waals surface area contributed by atoms with Crippen molar-refractivity contribution in [2.75, 3.05) is 6.61 Å². The zero-order chi connectivity index (χ0) is 8.20. The highest BCUT2D eigenvalue weighted by Gasteiger charge is 2.12. The minimum atomic E-state index is -0.0938. The van der Waals surface area contributed by atoms with Gasteiger partial charge >= 0.3 is 0 Å². The summed E-state index contributed by atoms with van der Waals surface area (Å²) in [5.41, 5.74) is 5.56. The van der Waals surface area contributed by atoms with E-state index in [2.05, 4.69) is 20.8 Å². The summed E-state index contributed by atoms with van der Waals surface area (Å²) in [4.78, 5) is 0. The molecule has 0 unspecified atom stereocenters. The molecule has 0 aliphatic heterocycles. The molecule has 0 amide bonds. The Balaban J connectivity index is 3.36. The van der Waals surface area contributed by atoms with E-state index >= 15 is 0 Å². The summed E-state index contributed by atoms with van der Waals surface area (Å²) >= 11 is 0. The van der Waals surface area contributed by atoms with Crippen LogP contribution < -0.4 is 5.73 Å². The number of hydrogen-bond acceptors (Lipinski definition) is 2. The second-order valence-electron chi connectivity index (χ2n) is 4.04. The van der Waals surface area contributed by atoms with Crippen molar-refractivity contribution in [3.63, 3.8) is 0 Å². The van der Waals surface area contributed by atoms with E-state index in [-0.39, 0.29) is 22.2 Å². The number of nitrogens with two attached hydrogens (primary N) is 1. The maximum absolute atomic E-state index is 8.63. The van der Waals surface area contributed by atoms with Gasteiger partial charge in [0.05, 0.1) is 6.61 Å². The third-order valence-electron chi connectivity index (χ3n) is 1.50. The van der Waals surface area contributed by atoms with Gasteiger partial charge in [0.15, 0.2) is 0 Å². The lowest BCUT2D eigenvalue weighted by Gasteiger charge is -2.18. The van der Waals surface area contributed by atoms with Crippen LogP contribution in [0.5, 0.6) is 0 Å². The van der Waals surface area contributed by atoms with Crippen LogP contribution in [0.1, 0.15) is 20.8 Å². The molecule has 62 valence electrons. The van der Waals surface area contributed by atoms with Crippen molar-refractivity contribution < 1.29 is 5.11 Å². The SMILES string of the molecule is CC(C)(C)[SiH2]C[C@H](N)CO. The molecule has 0 aromatic carbocycles. The van der Waals surface area contributed by atoms with Gasteiger partial charge in [0.2, 0.25) is 0 Å². The fourth-order valence-corrected chi connectivity index (χ4v) is 2.13. The summed E-state index contributed by atoms with van der Waals surface area (Å²) in [5, 5.41) is 9.11. The van der Waals surface area contributed by atoms with Crippen LogP contribution in [0.3, 0.4) is 0 Å². The summed E-state index contributed by atoms with van der Waals surface area (Å²) in [7, 11) is -0.0938. The van der Waals surface area contributed by atoms with Crippen molar-refractivity contribution in [2.24, 2.45) is 5.73 Å². The van der Waals surface area contributed by atoms with E-state index < -0.39 is 0 Å². The van der Waals surface area contributed by atoms with Crippen LogP contribution in [-0.2, 0) is 0 Å². The fourth-order valence-electron chi connectivity index (χ4n) is 0.710. The molecule has 2 nitrogen and oxygen atoms in total. The first-order valence-electron chi connectivity index (χ1n) is 3.82. The quantitative estimate of drug-likeness (QED) is 0.577. The van der Waals surface area contributed by atoms with Gasteiger partial charge < -0.3 is 10.8 Å². The van der Waals surface area contributed by atoms with Gasteiger partial charge in [-0.3, -0.25) is 0 Å². The van der Waals surface area contributed by atoms with Gasteiger partial charge in [-0.25, -0.2) is 0 Å². The Morgan fingerprint density at radius 1 is 1.50 bits per heavy atom. The van der Waals surface area contributed by atoms with Crippen LogP contribution in [0, 0.1) is 0 Å². The van der Waals surface area contributed by atoms with E-state index in [0.29, 0.717) is 5.04 Å². The summed E-state index contributed by atoms with van der Waals surface area (Å²) in [6.45, 7) is 6.86. The largest absolute Gasteiger partial charge is 0.395 e. The third kappa shape index (κ3) is 6.26. The molecule has 0 bridgehead atoms. The number of aliphatic hydroxyl groups excluding tert-OH is 1. The molecule has 3 N–H and O–H groups in total. The molecular formula is C7H19NOSi. The van der Waals surface area contributed by atoms with Crippen LogP contribution in [0.4, 0.5) is 0 Å². The van der Waals surface area contributed by atoms with Gasteiger partial charge in [0, 0.05) is 15.6 Å². The van der Waals surface area contributed by atoms with Crippen LogP contribution >= 0.6 is 0 Å². The molecule has 0 saturated carbocycles. The predicted octanol–water partition coefficient (Wildman–Crippen LogP) is 0.112. The molecular weight excluding hydrogens is 142 g/mol. The normalized spacial score (nSPS) is 16.5. The van der Waals surface area contributed by atoms with E-state index in [4.69, 9.17) is 10.8 Å². The van der Waals surface area contributed by atoms with Gasteiger partial charge in [0.25, 0.3) is 0 Å². The first kappa shape index (κ1) is 10.1. The first-order chi connectivity index (χ1) is 4.45. The molecule has 3 heteroatoms. The van der Waals surface area contributed by atoms with Crippen molar-refractivity contribution in [2.45, 2.75) is 37.9 Å². The highest BCUT2D eigenvalue weighted by atomic mass is 28.2. The van der Waals surface area contributed by atoms with E-state index in [9.17, 15) is 0 Å².